The molecule has 0 saturated carbocycles. The van der Waals surface area contributed by atoms with Crippen LogP contribution in [0.3, 0.4) is 0 Å². The Morgan fingerprint density at radius 2 is 1.80 bits per heavy atom. The third-order valence-corrected chi connectivity index (χ3v) is 3.45. The van der Waals surface area contributed by atoms with Crippen LogP contribution < -0.4 is 5.56 Å². The average molecular weight is 283 g/mol. The SMILES string of the molecule is Cc1ccc2c(c1)c(C(F)(F)F)c(C(C)C)c(=O)n2C. The van der Waals surface area contributed by atoms with Crippen LogP contribution in [0.25, 0.3) is 10.9 Å². The van der Waals surface area contributed by atoms with E-state index >= 15 is 0 Å². The summed E-state index contributed by atoms with van der Waals surface area (Å²) in [5.74, 6) is -0.491. The molecule has 0 bridgehead atoms. The van der Waals surface area contributed by atoms with Crippen LogP contribution in [0.1, 0.15) is 36.5 Å². The molecule has 2 aromatic rings. The summed E-state index contributed by atoms with van der Waals surface area (Å²) in [5.41, 5.74) is -0.509. The third kappa shape index (κ3) is 2.21. The van der Waals surface area contributed by atoms with E-state index in [4.69, 9.17) is 0 Å². The highest BCUT2D eigenvalue weighted by molar-refractivity contribution is 5.85. The second-order valence-electron chi connectivity index (χ2n) is 5.33. The summed E-state index contributed by atoms with van der Waals surface area (Å²) in [6.45, 7) is 4.95. The van der Waals surface area contributed by atoms with E-state index in [1.54, 1.807) is 32.9 Å². The molecule has 2 nitrogen and oxygen atoms in total. The summed E-state index contributed by atoms with van der Waals surface area (Å²) < 4.78 is 41.6. The molecular weight excluding hydrogens is 267 g/mol. The Morgan fingerprint density at radius 1 is 1.20 bits per heavy atom. The van der Waals surface area contributed by atoms with Crippen molar-refractivity contribution in [3.8, 4) is 0 Å². The maximum Gasteiger partial charge on any atom is 0.417 e. The van der Waals surface area contributed by atoms with Gasteiger partial charge in [0.05, 0.1) is 11.1 Å². The Kier molecular flexibility index (Phi) is 3.40. The van der Waals surface area contributed by atoms with Gasteiger partial charge in [-0.05, 0) is 25.0 Å². The van der Waals surface area contributed by atoms with Gasteiger partial charge >= 0.3 is 6.18 Å². The van der Waals surface area contributed by atoms with E-state index in [9.17, 15) is 18.0 Å². The highest BCUT2D eigenvalue weighted by Gasteiger charge is 2.38. The highest BCUT2D eigenvalue weighted by Crippen LogP contribution is 2.38. The molecule has 2 rings (SSSR count). The predicted molar refractivity (Wildman–Crippen MR) is 73.0 cm³/mol. The van der Waals surface area contributed by atoms with Crippen molar-refractivity contribution in [1.29, 1.82) is 0 Å². The van der Waals surface area contributed by atoms with Gasteiger partial charge in [0.25, 0.3) is 5.56 Å². The number of alkyl halides is 3. The molecule has 0 saturated heterocycles. The first-order chi connectivity index (χ1) is 9.14. The van der Waals surface area contributed by atoms with Gasteiger partial charge in [0.1, 0.15) is 0 Å². The van der Waals surface area contributed by atoms with Crippen molar-refractivity contribution in [3.05, 3.63) is 45.2 Å². The molecule has 0 spiro atoms. The van der Waals surface area contributed by atoms with E-state index in [-0.39, 0.29) is 10.9 Å². The van der Waals surface area contributed by atoms with Gasteiger partial charge in [0, 0.05) is 18.0 Å². The largest absolute Gasteiger partial charge is 0.417 e. The van der Waals surface area contributed by atoms with Gasteiger partial charge < -0.3 is 4.57 Å². The molecule has 0 aliphatic carbocycles. The number of aryl methyl sites for hydroxylation is 2. The van der Waals surface area contributed by atoms with Crippen LogP contribution in [0.15, 0.2) is 23.0 Å². The minimum atomic E-state index is -4.54. The van der Waals surface area contributed by atoms with E-state index < -0.39 is 23.2 Å². The van der Waals surface area contributed by atoms with E-state index in [1.165, 1.54) is 17.7 Å². The lowest BCUT2D eigenvalue weighted by molar-refractivity contribution is -0.137. The van der Waals surface area contributed by atoms with Crippen molar-refractivity contribution in [1.82, 2.24) is 4.57 Å². The quantitative estimate of drug-likeness (QED) is 0.775. The first kappa shape index (κ1) is 14.6. The van der Waals surface area contributed by atoms with Gasteiger partial charge in [0.2, 0.25) is 0 Å². The zero-order valence-electron chi connectivity index (χ0n) is 11.8. The van der Waals surface area contributed by atoms with Crippen LogP contribution in [-0.2, 0) is 13.2 Å². The summed E-state index contributed by atoms with van der Waals surface area (Å²) in [7, 11) is 1.51. The Hall–Kier alpha value is -1.78. The van der Waals surface area contributed by atoms with Crippen molar-refractivity contribution in [2.45, 2.75) is 32.9 Å². The molecule has 0 atom stereocenters. The molecule has 0 aliphatic rings. The van der Waals surface area contributed by atoms with Crippen LogP contribution in [0.4, 0.5) is 13.2 Å². The minimum absolute atomic E-state index is 0.0864. The summed E-state index contributed by atoms with van der Waals surface area (Å²) in [6.07, 6.45) is -4.54. The average Bonchev–Trinajstić information content (AvgIpc) is 2.31. The fourth-order valence-electron chi connectivity index (χ4n) is 2.53. The molecule has 108 valence electrons. The molecule has 0 aliphatic heterocycles. The zero-order valence-corrected chi connectivity index (χ0v) is 11.8. The molecule has 0 amide bonds. The zero-order chi connectivity index (χ0) is 15.2. The fourth-order valence-corrected chi connectivity index (χ4v) is 2.53. The van der Waals surface area contributed by atoms with E-state index in [0.29, 0.717) is 5.52 Å². The molecule has 20 heavy (non-hydrogen) atoms. The summed E-state index contributed by atoms with van der Waals surface area (Å²) in [5, 5.41) is 0.0864. The molecular formula is C15H16F3NO. The van der Waals surface area contributed by atoms with Crippen molar-refractivity contribution >= 4 is 10.9 Å². The number of nitrogens with zero attached hydrogens (tertiary/aromatic N) is 1. The van der Waals surface area contributed by atoms with Gasteiger partial charge in [-0.15, -0.1) is 0 Å². The smallest absolute Gasteiger partial charge is 0.311 e. The van der Waals surface area contributed by atoms with E-state index in [1.807, 2.05) is 0 Å². The number of pyridine rings is 1. The molecule has 0 unspecified atom stereocenters. The maximum absolute atomic E-state index is 13.4. The van der Waals surface area contributed by atoms with Crippen LogP contribution in [-0.4, -0.2) is 4.57 Å². The molecule has 5 heteroatoms. The number of aromatic nitrogens is 1. The number of hydrogen-bond donors (Lipinski definition) is 0. The van der Waals surface area contributed by atoms with Crippen LogP contribution in [0.2, 0.25) is 0 Å². The van der Waals surface area contributed by atoms with E-state index in [0.717, 1.165) is 5.56 Å². The van der Waals surface area contributed by atoms with Crippen LogP contribution in [0, 0.1) is 6.92 Å². The second kappa shape index (κ2) is 4.65. The summed E-state index contributed by atoms with van der Waals surface area (Å²) >= 11 is 0. The number of fused-ring (bicyclic) bond motifs is 1. The first-order valence-corrected chi connectivity index (χ1v) is 6.35. The molecule has 1 heterocycles. The minimum Gasteiger partial charge on any atom is -0.311 e. The molecule has 0 radical (unpaired) electrons. The predicted octanol–water partition coefficient (Wildman–Crippen LogP) is 3.99. The van der Waals surface area contributed by atoms with Crippen molar-refractivity contribution in [2.75, 3.05) is 0 Å². The number of hydrogen-bond acceptors (Lipinski definition) is 1. The number of benzene rings is 1. The van der Waals surface area contributed by atoms with Crippen molar-refractivity contribution < 1.29 is 13.2 Å². The van der Waals surface area contributed by atoms with E-state index in [2.05, 4.69) is 0 Å². The molecule has 1 aromatic carbocycles. The third-order valence-electron chi connectivity index (χ3n) is 3.45. The van der Waals surface area contributed by atoms with Crippen LogP contribution >= 0.6 is 0 Å². The van der Waals surface area contributed by atoms with Crippen LogP contribution in [0.5, 0.6) is 0 Å². The first-order valence-electron chi connectivity index (χ1n) is 6.35. The van der Waals surface area contributed by atoms with Gasteiger partial charge in [-0.3, -0.25) is 4.79 Å². The molecule has 0 N–H and O–H groups in total. The summed E-state index contributed by atoms with van der Waals surface area (Å²) in [4.78, 5) is 12.2. The lowest BCUT2D eigenvalue weighted by Crippen LogP contribution is -2.28. The number of rotatable bonds is 1. The normalized spacial score (nSPS) is 12.4. The lowest BCUT2D eigenvalue weighted by atomic mass is 9.94. The Balaban J connectivity index is 3.11. The fraction of sp³-hybridized carbons (Fsp3) is 0.400. The second-order valence-corrected chi connectivity index (χ2v) is 5.33. The van der Waals surface area contributed by atoms with Gasteiger partial charge in [-0.25, -0.2) is 0 Å². The lowest BCUT2D eigenvalue weighted by Gasteiger charge is -2.20. The maximum atomic E-state index is 13.4. The van der Waals surface area contributed by atoms with Crippen molar-refractivity contribution in [3.63, 3.8) is 0 Å². The van der Waals surface area contributed by atoms with Gasteiger partial charge in [-0.2, -0.15) is 13.2 Å². The van der Waals surface area contributed by atoms with Gasteiger partial charge in [-0.1, -0.05) is 25.5 Å². The molecule has 1 aromatic heterocycles. The molecule has 0 fully saturated rings. The topological polar surface area (TPSA) is 22.0 Å². The van der Waals surface area contributed by atoms with Crippen molar-refractivity contribution in [2.24, 2.45) is 7.05 Å². The van der Waals surface area contributed by atoms with Gasteiger partial charge in [0.15, 0.2) is 0 Å². The Bertz CT molecular complexity index is 726. The summed E-state index contributed by atoms with van der Waals surface area (Å²) in [6, 6.07) is 4.76. The highest BCUT2D eigenvalue weighted by atomic mass is 19.4. The number of halogens is 3. The monoisotopic (exact) mass is 283 g/mol. The Labute approximate surface area is 114 Å². The standard InChI is InChI=1S/C15H16F3NO/c1-8(2)12-13(15(16,17)18)10-7-9(3)5-6-11(10)19(4)14(12)20/h5-8H,1-4H3. The Morgan fingerprint density at radius 3 is 2.30 bits per heavy atom.